The fourth-order valence-corrected chi connectivity index (χ4v) is 3.44. The highest BCUT2D eigenvalue weighted by Crippen LogP contribution is 2.25. The lowest BCUT2D eigenvalue weighted by atomic mass is 10.3. The lowest BCUT2D eigenvalue weighted by Gasteiger charge is -2.09. The van der Waals surface area contributed by atoms with Crippen molar-refractivity contribution in [3.63, 3.8) is 0 Å². The van der Waals surface area contributed by atoms with Gasteiger partial charge in [0.2, 0.25) is 15.9 Å². The largest absolute Gasteiger partial charge is 0.325 e. The number of rotatable bonds is 7. The summed E-state index contributed by atoms with van der Waals surface area (Å²) in [4.78, 5) is 11.0. The second-order valence-electron chi connectivity index (χ2n) is 3.92. The Morgan fingerprint density at radius 2 is 2.10 bits per heavy atom. The van der Waals surface area contributed by atoms with E-state index in [-0.39, 0.29) is 15.8 Å². The first-order chi connectivity index (χ1) is 9.36. The van der Waals surface area contributed by atoms with Crippen LogP contribution in [0.4, 0.5) is 5.69 Å². The van der Waals surface area contributed by atoms with Crippen molar-refractivity contribution in [2.75, 3.05) is 23.4 Å². The number of hydrogen-bond donors (Lipinski definition) is 2. The smallest absolute Gasteiger partial charge is 0.240 e. The van der Waals surface area contributed by atoms with Crippen molar-refractivity contribution >= 4 is 45.0 Å². The van der Waals surface area contributed by atoms with E-state index in [1.54, 1.807) is 11.8 Å². The SMILES string of the molecule is CCSCCNS(=O)(=O)c1ccc(NC(C)=O)c(Cl)c1. The van der Waals surface area contributed by atoms with Crippen LogP contribution >= 0.6 is 23.4 Å². The van der Waals surface area contributed by atoms with Crippen molar-refractivity contribution in [2.45, 2.75) is 18.7 Å². The van der Waals surface area contributed by atoms with Gasteiger partial charge < -0.3 is 5.32 Å². The minimum Gasteiger partial charge on any atom is -0.325 e. The van der Waals surface area contributed by atoms with Gasteiger partial charge in [-0.15, -0.1) is 0 Å². The molecule has 0 radical (unpaired) electrons. The van der Waals surface area contributed by atoms with Crippen molar-refractivity contribution in [1.82, 2.24) is 4.72 Å². The standard InChI is InChI=1S/C12H17ClN2O3S2/c1-3-19-7-6-14-20(17,18)10-4-5-12(11(13)8-10)15-9(2)16/h4-5,8,14H,3,6-7H2,1-2H3,(H,15,16). The number of hydrogen-bond acceptors (Lipinski definition) is 4. The van der Waals surface area contributed by atoms with Crippen molar-refractivity contribution in [3.05, 3.63) is 23.2 Å². The molecule has 0 unspecified atom stereocenters. The second kappa shape index (κ2) is 7.87. The minimum absolute atomic E-state index is 0.0816. The van der Waals surface area contributed by atoms with Crippen molar-refractivity contribution in [2.24, 2.45) is 0 Å². The third-order valence-electron chi connectivity index (χ3n) is 2.30. The van der Waals surface area contributed by atoms with Crippen LogP contribution in [0.15, 0.2) is 23.1 Å². The molecule has 112 valence electrons. The van der Waals surface area contributed by atoms with Gasteiger partial charge in [0.05, 0.1) is 15.6 Å². The zero-order valence-corrected chi connectivity index (χ0v) is 13.7. The van der Waals surface area contributed by atoms with Gasteiger partial charge in [-0.25, -0.2) is 13.1 Å². The van der Waals surface area contributed by atoms with E-state index in [4.69, 9.17) is 11.6 Å². The lowest BCUT2D eigenvalue weighted by Crippen LogP contribution is -2.26. The van der Waals surface area contributed by atoms with Crippen LogP contribution in [0.25, 0.3) is 0 Å². The summed E-state index contributed by atoms with van der Waals surface area (Å²) in [6.45, 7) is 3.74. The first-order valence-electron chi connectivity index (χ1n) is 6.01. The summed E-state index contributed by atoms with van der Waals surface area (Å²) in [5.41, 5.74) is 0.389. The van der Waals surface area contributed by atoms with Gasteiger partial charge in [0.25, 0.3) is 0 Å². The van der Waals surface area contributed by atoms with Crippen LogP contribution in [0.2, 0.25) is 5.02 Å². The number of benzene rings is 1. The molecule has 0 aliphatic heterocycles. The Hall–Kier alpha value is -0.760. The van der Waals surface area contributed by atoms with E-state index < -0.39 is 10.0 Å². The molecule has 1 rings (SSSR count). The molecule has 0 fully saturated rings. The number of thioether (sulfide) groups is 1. The van der Waals surface area contributed by atoms with Gasteiger partial charge in [0, 0.05) is 19.2 Å². The van der Waals surface area contributed by atoms with Crippen LogP contribution in [-0.4, -0.2) is 32.4 Å². The molecule has 1 aromatic rings. The molecule has 8 heteroatoms. The molecule has 0 atom stereocenters. The zero-order valence-electron chi connectivity index (χ0n) is 11.3. The lowest BCUT2D eigenvalue weighted by molar-refractivity contribution is -0.114. The van der Waals surface area contributed by atoms with E-state index in [2.05, 4.69) is 10.0 Å². The predicted molar refractivity (Wildman–Crippen MR) is 83.9 cm³/mol. The highest BCUT2D eigenvalue weighted by molar-refractivity contribution is 7.99. The van der Waals surface area contributed by atoms with Crippen molar-refractivity contribution in [3.8, 4) is 0 Å². The van der Waals surface area contributed by atoms with Crippen LogP contribution in [0.1, 0.15) is 13.8 Å². The van der Waals surface area contributed by atoms with Crippen molar-refractivity contribution < 1.29 is 13.2 Å². The molecule has 0 spiro atoms. The average molecular weight is 337 g/mol. The Kier molecular flexibility index (Phi) is 6.81. The quantitative estimate of drug-likeness (QED) is 0.749. The monoisotopic (exact) mass is 336 g/mol. The Bertz CT molecular complexity index is 576. The molecule has 2 N–H and O–H groups in total. The number of amides is 1. The minimum atomic E-state index is -3.57. The summed E-state index contributed by atoms with van der Waals surface area (Å²) in [5, 5.41) is 2.71. The van der Waals surface area contributed by atoms with Gasteiger partial charge in [-0.3, -0.25) is 4.79 Å². The van der Waals surface area contributed by atoms with Crippen LogP contribution in [0.3, 0.4) is 0 Å². The number of carbonyl (C=O) groups is 1. The number of anilines is 1. The third kappa shape index (κ3) is 5.32. The second-order valence-corrected chi connectivity index (χ2v) is 7.49. The fraction of sp³-hybridized carbons (Fsp3) is 0.417. The topological polar surface area (TPSA) is 75.3 Å². The van der Waals surface area contributed by atoms with Crippen LogP contribution in [0.5, 0.6) is 0 Å². The Morgan fingerprint density at radius 3 is 2.65 bits per heavy atom. The molecule has 1 amide bonds. The summed E-state index contributed by atoms with van der Waals surface area (Å²) in [7, 11) is -3.57. The molecule has 0 heterocycles. The Balaban J connectivity index is 2.80. The van der Waals surface area contributed by atoms with E-state index in [1.165, 1.54) is 25.1 Å². The van der Waals surface area contributed by atoms with Gasteiger partial charge >= 0.3 is 0 Å². The van der Waals surface area contributed by atoms with Crippen LogP contribution in [-0.2, 0) is 14.8 Å². The molecule has 0 saturated carbocycles. The maximum absolute atomic E-state index is 12.0. The van der Waals surface area contributed by atoms with Crippen LogP contribution < -0.4 is 10.0 Å². The molecule has 0 saturated heterocycles. The van der Waals surface area contributed by atoms with Gasteiger partial charge in [0.15, 0.2) is 0 Å². The van der Waals surface area contributed by atoms with Gasteiger partial charge in [-0.2, -0.15) is 11.8 Å². The summed E-state index contributed by atoms with van der Waals surface area (Å²) in [5.74, 6) is 1.39. The molecule has 0 aromatic heterocycles. The summed E-state index contributed by atoms with van der Waals surface area (Å²) in [6, 6.07) is 4.20. The summed E-state index contributed by atoms with van der Waals surface area (Å²) in [6.07, 6.45) is 0. The highest BCUT2D eigenvalue weighted by Gasteiger charge is 2.15. The predicted octanol–water partition coefficient (Wildman–Crippen LogP) is 2.33. The maximum Gasteiger partial charge on any atom is 0.240 e. The molecular weight excluding hydrogens is 320 g/mol. The summed E-state index contributed by atoms with van der Waals surface area (Å²) < 4.78 is 26.5. The Morgan fingerprint density at radius 1 is 1.40 bits per heavy atom. The van der Waals surface area contributed by atoms with E-state index in [1.807, 2.05) is 6.92 Å². The van der Waals surface area contributed by atoms with E-state index in [9.17, 15) is 13.2 Å². The zero-order chi connectivity index (χ0) is 15.2. The highest BCUT2D eigenvalue weighted by atomic mass is 35.5. The number of sulfonamides is 1. The van der Waals surface area contributed by atoms with E-state index in [0.717, 1.165) is 5.75 Å². The molecule has 20 heavy (non-hydrogen) atoms. The number of halogens is 1. The van der Waals surface area contributed by atoms with E-state index >= 15 is 0 Å². The molecule has 0 aliphatic rings. The molecule has 0 bridgehead atoms. The van der Waals surface area contributed by atoms with Crippen LogP contribution in [0, 0.1) is 0 Å². The first kappa shape index (κ1) is 17.3. The molecule has 0 aliphatic carbocycles. The van der Waals surface area contributed by atoms with Gasteiger partial charge in [-0.05, 0) is 24.0 Å². The maximum atomic E-state index is 12.0. The normalized spacial score (nSPS) is 11.3. The van der Waals surface area contributed by atoms with Crippen molar-refractivity contribution in [1.29, 1.82) is 0 Å². The molecule has 5 nitrogen and oxygen atoms in total. The Labute approximate surface area is 128 Å². The third-order valence-corrected chi connectivity index (χ3v) is 4.98. The van der Waals surface area contributed by atoms with E-state index in [0.29, 0.717) is 18.0 Å². The number of carbonyl (C=O) groups excluding carboxylic acids is 1. The van der Waals surface area contributed by atoms with Gasteiger partial charge in [-0.1, -0.05) is 18.5 Å². The summed E-state index contributed by atoms with van der Waals surface area (Å²) >= 11 is 7.61. The molecular formula is C12H17ClN2O3S2. The number of nitrogens with one attached hydrogen (secondary N) is 2. The first-order valence-corrected chi connectivity index (χ1v) is 9.03. The molecule has 1 aromatic carbocycles. The van der Waals surface area contributed by atoms with Gasteiger partial charge in [0.1, 0.15) is 0 Å². The fourth-order valence-electron chi connectivity index (χ4n) is 1.43. The average Bonchev–Trinajstić information content (AvgIpc) is 2.36.